The van der Waals surface area contributed by atoms with Gasteiger partial charge in [-0.3, -0.25) is 4.57 Å². The third-order valence-corrected chi connectivity index (χ3v) is 12.0. The van der Waals surface area contributed by atoms with Crippen molar-refractivity contribution in [3.63, 3.8) is 0 Å². The maximum Gasteiger partial charge on any atom is 0.235 e. The Kier molecular flexibility index (Phi) is 5.86. The molecule has 0 saturated heterocycles. The van der Waals surface area contributed by atoms with Gasteiger partial charge in [0.15, 0.2) is 0 Å². The predicted octanol–water partition coefficient (Wildman–Crippen LogP) is 13.5. The third kappa shape index (κ3) is 3.97. The second-order valence-electron chi connectivity index (χ2n) is 15.0. The van der Waals surface area contributed by atoms with E-state index in [9.17, 15) is 0 Å². The molecule has 4 aromatic heterocycles. The van der Waals surface area contributed by atoms with Crippen molar-refractivity contribution in [1.82, 2.24) is 18.9 Å². The first-order valence-electron chi connectivity index (χ1n) is 19.2. The highest BCUT2D eigenvalue weighted by Gasteiger charge is 2.26. The number of nitrogens with zero attached hydrogens (tertiary/aromatic N) is 4. The Balaban J connectivity index is 1.18. The predicted molar refractivity (Wildman–Crippen MR) is 234 cm³/mol. The van der Waals surface area contributed by atoms with Crippen LogP contribution in [0.1, 0.15) is 0 Å². The van der Waals surface area contributed by atoms with Crippen LogP contribution in [-0.2, 0) is 0 Å². The van der Waals surface area contributed by atoms with Crippen LogP contribution in [0.4, 0.5) is 0 Å². The number of hydrogen-bond donors (Lipinski definition) is 0. The molecule has 4 heterocycles. The van der Waals surface area contributed by atoms with Gasteiger partial charge in [0, 0.05) is 43.3 Å². The summed E-state index contributed by atoms with van der Waals surface area (Å²) in [6, 6.07) is 65.7. The molecule has 0 fully saturated rings. The number of fused-ring (bicyclic) bond motifs is 14. The summed E-state index contributed by atoms with van der Waals surface area (Å²) >= 11 is 0. The molecule has 0 radical (unpaired) electrons. The van der Waals surface area contributed by atoms with Crippen molar-refractivity contribution in [3.8, 4) is 28.3 Å². The second-order valence-corrected chi connectivity index (χ2v) is 15.0. The number of aromatic nitrogens is 4. The lowest BCUT2D eigenvalue weighted by atomic mass is 9.98. The van der Waals surface area contributed by atoms with Gasteiger partial charge in [0.2, 0.25) is 5.95 Å². The molecule has 0 amide bonds. The topological polar surface area (TPSA) is 35.1 Å². The summed E-state index contributed by atoms with van der Waals surface area (Å²) in [5, 5.41) is 13.2. The minimum atomic E-state index is 0.662. The monoisotopic (exact) mass is 710 g/mol. The minimum Gasteiger partial charge on any atom is -0.308 e. The zero-order chi connectivity index (χ0) is 36.5. The number of hydrogen-bond acceptors (Lipinski definition) is 2. The summed E-state index contributed by atoms with van der Waals surface area (Å²) < 4.78 is 4.81. The van der Waals surface area contributed by atoms with E-state index in [2.05, 4.69) is 191 Å². The van der Waals surface area contributed by atoms with E-state index in [1.54, 1.807) is 0 Å². The van der Waals surface area contributed by atoms with Crippen molar-refractivity contribution < 1.29 is 0 Å². The van der Waals surface area contributed by atoms with Gasteiger partial charge in [0.1, 0.15) is 0 Å². The Bertz CT molecular complexity index is 3740. The lowest BCUT2D eigenvalue weighted by Gasteiger charge is -2.14. The van der Waals surface area contributed by atoms with Gasteiger partial charge in [-0.05, 0) is 69.1 Å². The third-order valence-electron chi connectivity index (χ3n) is 12.0. The SMILES string of the molecule is c1ccc(-c2ccc(-c3nc(-n4c5ccccc5c5cc6c7cc8ccccc8cc7n7c8ccccc8c(c54)c67)nc4ccc5ccccc5c34)cc2)cc1. The zero-order valence-electron chi connectivity index (χ0n) is 30.1. The quantitative estimate of drug-likeness (QED) is 0.171. The summed E-state index contributed by atoms with van der Waals surface area (Å²) in [6.07, 6.45) is 0. The Morgan fingerprint density at radius 1 is 0.339 bits per heavy atom. The standard InChI is InChI=1S/C52H30N4/c1-2-12-31(13-3-1)32-22-24-34(25-23-32)49-47-37-17-7-6-14-33(37)26-27-43(47)53-52(54-49)56-44-20-10-8-18-38(44)41-30-42-40-28-35-15-4-5-16-36(35)29-46(40)55-45-21-11-9-19-39(45)48(50(42)55)51(41)56/h1-30H. The van der Waals surface area contributed by atoms with E-state index >= 15 is 0 Å². The molecule has 9 aromatic carbocycles. The first-order chi connectivity index (χ1) is 27.8. The zero-order valence-corrected chi connectivity index (χ0v) is 30.1. The van der Waals surface area contributed by atoms with Crippen LogP contribution in [0.15, 0.2) is 182 Å². The minimum absolute atomic E-state index is 0.662. The number of rotatable bonds is 3. The molecule has 0 spiro atoms. The van der Waals surface area contributed by atoms with E-state index in [0.29, 0.717) is 5.95 Å². The van der Waals surface area contributed by atoms with E-state index in [1.165, 1.54) is 76.2 Å². The van der Waals surface area contributed by atoms with E-state index in [1.807, 2.05) is 0 Å². The number of para-hydroxylation sites is 2. The maximum atomic E-state index is 5.62. The molecule has 0 saturated carbocycles. The van der Waals surface area contributed by atoms with Crippen LogP contribution in [-0.4, -0.2) is 18.9 Å². The van der Waals surface area contributed by atoms with E-state index in [-0.39, 0.29) is 0 Å². The molecule has 4 heteroatoms. The van der Waals surface area contributed by atoms with Crippen LogP contribution < -0.4 is 0 Å². The largest absolute Gasteiger partial charge is 0.308 e. The highest BCUT2D eigenvalue weighted by molar-refractivity contribution is 6.34. The van der Waals surface area contributed by atoms with Gasteiger partial charge in [0.05, 0.1) is 38.8 Å². The van der Waals surface area contributed by atoms with Gasteiger partial charge >= 0.3 is 0 Å². The molecule has 0 aliphatic rings. The summed E-state index contributed by atoms with van der Waals surface area (Å²) in [6.45, 7) is 0. The van der Waals surface area contributed by atoms with E-state index in [0.717, 1.165) is 38.6 Å². The van der Waals surface area contributed by atoms with E-state index in [4.69, 9.17) is 9.97 Å². The van der Waals surface area contributed by atoms with Crippen molar-refractivity contribution in [2.75, 3.05) is 0 Å². The summed E-state index contributed by atoms with van der Waals surface area (Å²) in [7, 11) is 0. The lowest BCUT2D eigenvalue weighted by Crippen LogP contribution is -2.04. The average molecular weight is 711 g/mol. The molecule has 0 atom stereocenters. The first-order valence-corrected chi connectivity index (χ1v) is 19.2. The highest BCUT2D eigenvalue weighted by atomic mass is 15.2. The molecule has 13 rings (SSSR count). The molecule has 0 bridgehead atoms. The van der Waals surface area contributed by atoms with Gasteiger partial charge in [0.25, 0.3) is 0 Å². The fraction of sp³-hybridized carbons (Fsp3) is 0. The lowest BCUT2D eigenvalue weighted by molar-refractivity contribution is 1.02. The molecule has 0 aliphatic carbocycles. The van der Waals surface area contributed by atoms with Gasteiger partial charge in [-0.1, -0.05) is 146 Å². The van der Waals surface area contributed by atoms with Crippen molar-refractivity contribution >= 4 is 92.3 Å². The molecule has 4 nitrogen and oxygen atoms in total. The van der Waals surface area contributed by atoms with Gasteiger partial charge in [-0.15, -0.1) is 0 Å². The van der Waals surface area contributed by atoms with Crippen LogP contribution in [0.2, 0.25) is 0 Å². The Labute approximate surface area is 320 Å². The van der Waals surface area contributed by atoms with Crippen molar-refractivity contribution in [2.24, 2.45) is 0 Å². The molecule has 258 valence electrons. The second kappa shape index (κ2) is 11.0. The smallest absolute Gasteiger partial charge is 0.235 e. The van der Waals surface area contributed by atoms with Crippen LogP contribution in [0, 0.1) is 0 Å². The number of benzene rings is 9. The van der Waals surface area contributed by atoms with Crippen LogP contribution >= 0.6 is 0 Å². The highest BCUT2D eigenvalue weighted by Crippen LogP contribution is 2.47. The van der Waals surface area contributed by atoms with E-state index < -0.39 is 0 Å². The van der Waals surface area contributed by atoms with Crippen molar-refractivity contribution in [3.05, 3.63) is 182 Å². The Morgan fingerprint density at radius 3 is 1.79 bits per heavy atom. The van der Waals surface area contributed by atoms with Gasteiger partial charge in [-0.25, -0.2) is 9.97 Å². The van der Waals surface area contributed by atoms with Gasteiger partial charge in [-0.2, -0.15) is 0 Å². The fourth-order valence-corrected chi connectivity index (χ4v) is 9.55. The Morgan fingerprint density at radius 2 is 0.964 bits per heavy atom. The van der Waals surface area contributed by atoms with Gasteiger partial charge < -0.3 is 4.40 Å². The Hall–Kier alpha value is -7.56. The fourth-order valence-electron chi connectivity index (χ4n) is 9.55. The molecule has 0 N–H and O–H groups in total. The summed E-state index contributed by atoms with van der Waals surface area (Å²) in [5.41, 5.74) is 11.1. The molecular formula is C52H30N4. The molecule has 0 unspecified atom stereocenters. The van der Waals surface area contributed by atoms with Crippen LogP contribution in [0.25, 0.3) is 121 Å². The van der Waals surface area contributed by atoms with Crippen LogP contribution in [0.3, 0.4) is 0 Å². The summed E-state index contributed by atoms with van der Waals surface area (Å²) in [5.74, 6) is 0.662. The summed E-state index contributed by atoms with van der Waals surface area (Å²) in [4.78, 5) is 11.1. The molecule has 56 heavy (non-hydrogen) atoms. The molecule has 13 aromatic rings. The normalized spacial score (nSPS) is 12.3. The molecular weight excluding hydrogens is 681 g/mol. The maximum absolute atomic E-state index is 5.62. The first kappa shape index (κ1) is 29.8. The van der Waals surface area contributed by atoms with Crippen molar-refractivity contribution in [2.45, 2.75) is 0 Å². The average Bonchev–Trinajstić information content (AvgIpc) is 3.90. The molecule has 0 aliphatic heterocycles. The van der Waals surface area contributed by atoms with Crippen LogP contribution in [0.5, 0.6) is 0 Å². The van der Waals surface area contributed by atoms with Crippen molar-refractivity contribution in [1.29, 1.82) is 0 Å².